The minimum Gasteiger partial charge on any atom is -0.322 e. The molecule has 0 saturated carbocycles. The van der Waals surface area contributed by atoms with E-state index in [-0.39, 0.29) is 11.3 Å². The molecule has 1 aliphatic rings. The molecule has 1 aliphatic carbocycles. The highest BCUT2D eigenvalue weighted by molar-refractivity contribution is 7.16. The van der Waals surface area contributed by atoms with Crippen molar-refractivity contribution in [2.45, 2.75) is 40.0 Å². The maximum absolute atomic E-state index is 13.8. The predicted octanol–water partition coefficient (Wildman–Crippen LogP) is 9.86. The second-order valence-corrected chi connectivity index (χ2v) is 13.0. The number of hydrogen-bond donors (Lipinski definition) is 1. The van der Waals surface area contributed by atoms with Crippen molar-refractivity contribution in [2.75, 3.05) is 5.32 Å². The molecule has 0 spiro atoms. The first kappa shape index (κ1) is 25.8. The van der Waals surface area contributed by atoms with Gasteiger partial charge in [0.15, 0.2) is 0 Å². The average Bonchev–Trinajstić information content (AvgIpc) is 3.29. The second kappa shape index (κ2) is 10.3. The summed E-state index contributed by atoms with van der Waals surface area (Å²) in [6.45, 7) is 6.94. The van der Waals surface area contributed by atoms with E-state index in [1.807, 2.05) is 18.3 Å². The quantitative estimate of drug-likeness (QED) is 0.175. The van der Waals surface area contributed by atoms with Gasteiger partial charge in [-0.2, -0.15) is 0 Å². The van der Waals surface area contributed by atoms with Crippen LogP contribution in [0, 0.1) is 11.3 Å². The number of hydrogen-bond acceptors (Lipinski definition) is 3. The number of nitrogens with zero attached hydrogens (tertiary/aromatic N) is 1. The average molecular weight is 551 g/mol. The van der Waals surface area contributed by atoms with Gasteiger partial charge in [-0.25, -0.2) is 4.99 Å². The van der Waals surface area contributed by atoms with E-state index in [1.165, 1.54) is 15.6 Å². The van der Waals surface area contributed by atoms with Gasteiger partial charge in [-0.05, 0) is 88.0 Å². The molecule has 4 aromatic carbocycles. The van der Waals surface area contributed by atoms with Gasteiger partial charge < -0.3 is 5.32 Å². The predicted molar refractivity (Wildman–Crippen MR) is 167 cm³/mol. The molecule has 0 unspecified atom stereocenters. The number of amides is 1. The Morgan fingerprint density at radius 1 is 0.974 bits per heavy atom. The van der Waals surface area contributed by atoms with Gasteiger partial charge >= 0.3 is 0 Å². The third-order valence-corrected chi connectivity index (χ3v) is 9.34. The number of aliphatic imine (C=N–C) groups is 1. The van der Waals surface area contributed by atoms with Gasteiger partial charge in [0.05, 0.1) is 5.56 Å². The lowest BCUT2D eigenvalue weighted by molar-refractivity contribution is 0.102. The monoisotopic (exact) mass is 550 g/mol. The lowest BCUT2D eigenvalue weighted by atomic mass is 9.72. The van der Waals surface area contributed by atoms with E-state index in [2.05, 4.69) is 80.7 Å². The van der Waals surface area contributed by atoms with Crippen molar-refractivity contribution in [1.82, 2.24) is 0 Å². The molecule has 0 bridgehead atoms. The molecule has 1 atom stereocenters. The number of halogens is 1. The summed E-state index contributed by atoms with van der Waals surface area (Å²) in [7, 11) is 0. The summed E-state index contributed by atoms with van der Waals surface area (Å²) >= 11 is 7.74. The zero-order valence-electron chi connectivity index (χ0n) is 22.4. The van der Waals surface area contributed by atoms with Gasteiger partial charge in [0.2, 0.25) is 0 Å². The molecule has 0 fully saturated rings. The van der Waals surface area contributed by atoms with Crippen molar-refractivity contribution in [3.8, 4) is 0 Å². The van der Waals surface area contributed by atoms with Crippen molar-refractivity contribution >= 4 is 67.3 Å². The fraction of sp³-hybridized carbons (Fsp3) is 0.235. The van der Waals surface area contributed by atoms with E-state index < -0.39 is 0 Å². The second-order valence-electron chi connectivity index (χ2n) is 11.4. The van der Waals surface area contributed by atoms with Gasteiger partial charge in [0.25, 0.3) is 5.91 Å². The Morgan fingerprint density at radius 2 is 1.62 bits per heavy atom. The lowest BCUT2D eigenvalue weighted by Crippen LogP contribution is -2.27. The molecule has 1 aromatic heterocycles. The van der Waals surface area contributed by atoms with Crippen LogP contribution in [0.2, 0.25) is 5.02 Å². The molecule has 0 saturated heterocycles. The van der Waals surface area contributed by atoms with E-state index in [0.717, 1.165) is 51.9 Å². The van der Waals surface area contributed by atoms with Crippen molar-refractivity contribution in [3.05, 3.63) is 105 Å². The van der Waals surface area contributed by atoms with E-state index in [9.17, 15) is 4.79 Å². The minimum absolute atomic E-state index is 0.112. The molecular weight excluding hydrogens is 520 g/mol. The Labute approximate surface area is 238 Å². The molecule has 0 aliphatic heterocycles. The van der Waals surface area contributed by atoms with Crippen LogP contribution in [0.4, 0.5) is 10.7 Å². The van der Waals surface area contributed by atoms with Crippen molar-refractivity contribution in [2.24, 2.45) is 16.3 Å². The number of benzene rings is 4. The van der Waals surface area contributed by atoms with Crippen molar-refractivity contribution in [1.29, 1.82) is 0 Å². The summed E-state index contributed by atoms with van der Waals surface area (Å²) in [5.41, 5.74) is 3.88. The van der Waals surface area contributed by atoms with Crippen LogP contribution in [0.3, 0.4) is 0 Å². The SMILES string of the molecule is CC(C)(C)[C@@H]1CCc2c(sc(N=Cc3c4ccccc4cc4ccccc34)c2C(=O)Nc2ccc(Cl)cc2)C1. The molecule has 0 radical (unpaired) electrons. The lowest BCUT2D eigenvalue weighted by Gasteiger charge is -2.33. The Morgan fingerprint density at radius 3 is 2.26 bits per heavy atom. The summed E-state index contributed by atoms with van der Waals surface area (Å²) in [6, 6.07) is 26.3. The highest BCUT2D eigenvalue weighted by Crippen LogP contribution is 2.45. The highest BCUT2D eigenvalue weighted by atomic mass is 35.5. The van der Waals surface area contributed by atoms with Crippen LogP contribution in [-0.4, -0.2) is 12.1 Å². The molecule has 5 aromatic rings. The fourth-order valence-electron chi connectivity index (χ4n) is 5.67. The summed E-state index contributed by atoms with van der Waals surface area (Å²) in [6.07, 6.45) is 4.91. The number of thiophene rings is 1. The smallest absolute Gasteiger partial charge is 0.259 e. The molecule has 6 rings (SSSR count). The first-order valence-corrected chi connectivity index (χ1v) is 14.6. The summed E-state index contributed by atoms with van der Waals surface area (Å²) in [4.78, 5) is 20.1. The zero-order chi connectivity index (χ0) is 27.1. The minimum atomic E-state index is -0.112. The third kappa shape index (κ3) is 5.11. The van der Waals surface area contributed by atoms with Gasteiger partial charge in [-0.1, -0.05) is 80.9 Å². The van der Waals surface area contributed by atoms with Crippen LogP contribution < -0.4 is 5.32 Å². The number of carbonyl (C=O) groups excluding carboxylic acids is 1. The van der Waals surface area contributed by atoms with Gasteiger partial charge in [-0.3, -0.25) is 4.79 Å². The molecule has 3 nitrogen and oxygen atoms in total. The number of anilines is 1. The standard InChI is InChI=1S/C34H31ClN2OS/c1-34(2,3)23-12-17-28-30(19-23)39-33(31(28)32(38)37-25-15-13-24(35)14-16-25)36-20-29-26-10-6-4-8-21(26)18-22-9-5-7-11-27(22)29/h4-11,13-16,18,20,23H,12,17,19H2,1-3H3,(H,37,38)/t23-/m1/s1. The highest BCUT2D eigenvalue weighted by Gasteiger charge is 2.33. The van der Waals surface area contributed by atoms with Crippen LogP contribution in [0.5, 0.6) is 0 Å². The Kier molecular flexibility index (Phi) is 6.78. The van der Waals surface area contributed by atoms with E-state index in [1.54, 1.807) is 23.5 Å². The van der Waals surface area contributed by atoms with Gasteiger partial charge in [0.1, 0.15) is 5.00 Å². The third-order valence-electron chi connectivity index (χ3n) is 7.92. The van der Waals surface area contributed by atoms with Crippen LogP contribution >= 0.6 is 22.9 Å². The van der Waals surface area contributed by atoms with Crippen molar-refractivity contribution < 1.29 is 4.79 Å². The molecule has 196 valence electrons. The Bertz CT molecular complexity index is 1670. The van der Waals surface area contributed by atoms with Crippen molar-refractivity contribution in [3.63, 3.8) is 0 Å². The summed E-state index contributed by atoms with van der Waals surface area (Å²) < 4.78 is 0. The van der Waals surface area contributed by atoms with E-state index in [0.29, 0.717) is 16.5 Å². The number of fused-ring (bicyclic) bond motifs is 3. The normalized spacial score (nSPS) is 15.6. The maximum Gasteiger partial charge on any atom is 0.259 e. The van der Waals surface area contributed by atoms with Gasteiger partial charge in [-0.15, -0.1) is 11.3 Å². The number of nitrogens with one attached hydrogen (secondary N) is 1. The fourth-order valence-corrected chi connectivity index (χ4v) is 7.07. The first-order valence-electron chi connectivity index (χ1n) is 13.4. The molecule has 39 heavy (non-hydrogen) atoms. The number of carbonyl (C=O) groups is 1. The summed E-state index contributed by atoms with van der Waals surface area (Å²) in [5.74, 6) is 0.466. The van der Waals surface area contributed by atoms with Crippen LogP contribution in [0.15, 0.2) is 83.9 Å². The molecular formula is C34H31ClN2OS. The van der Waals surface area contributed by atoms with E-state index >= 15 is 0 Å². The topological polar surface area (TPSA) is 41.5 Å². The Balaban J connectivity index is 1.46. The first-order chi connectivity index (χ1) is 18.8. The Hall–Kier alpha value is -3.47. The van der Waals surface area contributed by atoms with Gasteiger partial charge in [0, 0.05) is 27.4 Å². The van der Waals surface area contributed by atoms with Crippen LogP contribution in [0.25, 0.3) is 21.5 Å². The maximum atomic E-state index is 13.8. The molecule has 5 heteroatoms. The zero-order valence-corrected chi connectivity index (χ0v) is 24.0. The van der Waals surface area contributed by atoms with Crippen LogP contribution in [0.1, 0.15) is 53.6 Å². The van der Waals surface area contributed by atoms with E-state index in [4.69, 9.17) is 16.6 Å². The largest absolute Gasteiger partial charge is 0.322 e. The molecule has 1 amide bonds. The molecule has 1 heterocycles. The molecule has 1 N–H and O–H groups in total. The summed E-state index contributed by atoms with van der Waals surface area (Å²) in [5, 5.41) is 9.18. The number of rotatable bonds is 4. The van der Waals surface area contributed by atoms with Crippen LogP contribution in [-0.2, 0) is 12.8 Å².